The second-order valence-electron chi connectivity index (χ2n) is 15.5. The van der Waals surface area contributed by atoms with E-state index < -0.39 is 11.3 Å². The molecule has 2 heterocycles. The molecule has 2 fully saturated rings. The third kappa shape index (κ3) is 9.43. The van der Waals surface area contributed by atoms with Crippen LogP contribution >= 0.6 is 0 Å². The first-order valence-corrected chi connectivity index (χ1v) is 20.6. The molecule has 12 heteroatoms. The number of methoxy groups -OCH3 is 1. The Kier molecular flexibility index (Phi) is 12.9. The van der Waals surface area contributed by atoms with Crippen molar-refractivity contribution in [1.82, 2.24) is 9.80 Å². The van der Waals surface area contributed by atoms with E-state index in [2.05, 4.69) is 10.6 Å². The van der Waals surface area contributed by atoms with Gasteiger partial charge in [0.15, 0.2) is 0 Å². The summed E-state index contributed by atoms with van der Waals surface area (Å²) in [5, 5.41) is 5.75. The summed E-state index contributed by atoms with van der Waals surface area (Å²) in [5.41, 5.74) is 2.14. The van der Waals surface area contributed by atoms with Crippen molar-refractivity contribution in [2.75, 3.05) is 30.8 Å². The highest BCUT2D eigenvalue weighted by Crippen LogP contribution is 2.40. The molecule has 0 aromatic heterocycles. The molecule has 8 rings (SSSR count). The lowest BCUT2D eigenvalue weighted by Gasteiger charge is -2.35. The Hall–Kier alpha value is -6.17. The van der Waals surface area contributed by atoms with Crippen molar-refractivity contribution < 1.29 is 28.3 Å². The van der Waals surface area contributed by atoms with Crippen LogP contribution in [-0.4, -0.2) is 76.4 Å². The molecule has 4 aromatic rings. The number of amides is 4. The van der Waals surface area contributed by atoms with Crippen LogP contribution in [0.15, 0.2) is 119 Å². The van der Waals surface area contributed by atoms with Crippen LogP contribution in [0.1, 0.15) is 88.2 Å². The summed E-state index contributed by atoms with van der Waals surface area (Å²) in [6.45, 7) is -0.0847. The Labute approximate surface area is 344 Å². The molecule has 0 atom stereocenters. The summed E-state index contributed by atoms with van der Waals surface area (Å²) in [6.07, 6.45) is 11.4. The van der Waals surface area contributed by atoms with Crippen molar-refractivity contribution in [3.05, 3.63) is 126 Å². The molecule has 4 aliphatic rings. The number of carbonyl (C=O) groups excluding carboxylic acids is 4. The topological polar surface area (TPSA) is 133 Å². The minimum atomic E-state index is -0.727. The predicted octanol–water partition coefficient (Wildman–Crippen LogP) is 8.16. The van der Waals surface area contributed by atoms with Gasteiger partial charge in [-0.05, 0) is 99.9 Å². The molecule has 2 aliphatic heterocycles. The molecule has 0 bridgehead atoms. The highest BCUT2D eigenvalue weighted by atomic mass is 19.1. The van der Waals surface area contributed by atoms with E-state index in [1.165, 1.54) is 19.2 Å². The van der Waals surface area contributed by atoms with Crippen molar-refractivity contribution >= 4 is 46.4 Å². The van der Waals surface area contributed by atoms with Gasteiger partial charge in [-0.3, -0.25) is 29.2 Å². The molecule has 4 aromatic carbocycles. The molecule has 4 amide bonds. The molecule has 0 unspecified atom stereocenters. The van der Waals surface area contributed by atoms with E-state index in [4.69, 9.17) is 14.7 Å². The number of nitrogens with one attached hydrogen (secondary N) is 2. The number of nitrogens with zero attached hydrogens (tertiary/aromatic N) is 4. The first kappa shape index (κ1) is 41.0. The first-order valence-electron chi connectivity index (χ1n) is 20.6. The van der Waals surface area contributed by atoms with Crippen molar-refractivity contribution in [1.29, 1.82) is 0 Å². The molecule has 0 radical (unpaired) electrons. The molecule has 2 aliphatic carbocycles. The monoisotopic (exact) mass is 798 g/mol. The minimum Gasteiger partial charge on any atom is -0.495 e. The van der Waals surface area contributed by atoms with Gasteiger partial charge in [-0.2, -0.15) is 0 Å². The maximum absolute atomic E-state index is 13.4. The smallest absolute Gasteiger partial charge is 0.275 e. The number of hydrogen-bond acceptors (Lipinski definition) is 7. The van der Waals surface area contributed by atoms with Crippen LogP contribution < -0.4 is 15.4 Å². The summed E-state index contributed by atoms with van der Waals surface area (Å²) in [7, 11) is 1.54. The zero-order chi connectivity index (χ0) is 41.2. The first-order chi connectivity index (χ1) is 28.7. The van der Waals surface area contributed by atoms with Crippen molar-refractivity contribution in [3.63, 3.8) is 0 Å². The number of carbonyl (C=O) groups is 4. The number of rotatable bonds is 9. The van der Waals surface area contributed by atoms with Crippen LogP contribution in [0.2, 0.25) is 0 Å². The molecular weight excluding hydrogens is 748 g/mol. The number of para-hydroxylation sites is 3. The summed E-state index contributed by atoms with van der Waals surface area (Å²) < 4.78 is 18.7. The Morgan fingerprint density at radius 1 is 0.593 bits per heavy atom. The quantitative estimate of drug-likeness (QED) is 0.176. The number of benzene rings is 4. The minimum absolute atomic E-state index is 0.0214. The molecule has 2 spiro atoms. The molecule has 59 heavy (non-hydrogen) atoms. The maximum Gasteiger partial charge on any atom is 0.275 e. The van der Waals surface area contributed by atoms with E-state index in [1.54, 1.807) is 34.1 Å². The van der Waals surface area contributed by atoms with Gasteiger partial charge in [0, 0.05) is 16.8 Å². The number of anilines is 2. The van der Waals surface area contributed by atoms with Crippen molar-refractivity contribution in [2.24, 2.45) is 9.98 Å². The van der Waals surface area contributed by atoms with Crippen LogP contribution in [-0.2, 0) is 19.2 Å². The van der Waals surface area contributed by atoms with Gasteiger partial charge in [0.2, 0.25) is 11.8 Å². The molecule has 11 nitrogen and oxygen atoms in total. The standard InChI is InChI=1S/C24H26FN3O3.C23H25N3O2/c1-31-20-9-5-4-8-19(20)26-21(29)16-28-23(30)22(17-10-12-18(25)13-11-17)27-24(28)14-6-2-3-7-15-24;27-20(24-19-13-7-4-8-14-19)17-26-22(28)21(18-11-5-3-6-12-18)25-23(26)15-9-1-2-10-16-23/h4-5,8-13H,2-3,6-7,14-16H2,1H3,(H,26,29);3-8,11-14H,1-2,9-10,15-17H2,(H,24,27). The Morgan fingerprint density at radius 2 is 1.03 bits per heavy atom. The average molecular weight is 799 g/mol. The number of hydrogen-bond donors (Lipinski definition) is 2. The van der Waals surface area contributed by atoms with Gasteiger partial charge >= 0.3 is 0 Å². The predicted molar refractivity (Wildman–Crippen MR) is 227 cm³/mol. The molecular formula is C47H51FN6O5. The van der Waals surface area contributed by atoms with Crippen LogP contribution in [0.3, 0.4) is 0 Å². The van der Waals surface area contributed by atoms with Gasteiger partial charge in [0.25, 0.3) is 11.8 Å². The SMILES string of the molecule is COc1ccccc1NC(=O)CN1C(=O)C(c2ccc(F)cc2)=NC12CCCCCC2.O=C(CN1C(=O)C(c2ccccc2)=NC12CCCCCC2)Nc1ccccc1. The van der Waals surface area contributed by atoms with Gasteiger partial charge in [-0.1, -0.05) is 86.3 Å². The Bertz CT molecular complexity index is 2180. The summed E-state index contributed by atoms with van der Waals surface area (Å²) in [6, 6.07) is 31.8. The lowest BCUT2D eigenvalue weighted by atomic mass is 10.00. The van der Waals surface area contributed by atoms with Gasteiger partial charge < -0.3 is 25.2 Å². The van der Waals surface area contributed by atoms with Gasteiger partial charge in [-0.25, -0.2) is 4.39 Å². The fourth-order valence-electron chi connectivity index (χ4n) is 8.58. The number of aliphatic imine (C=N–C) groups is 2. The molecule has 2 N–H and O–H groups in total. The third-order valence-electron chi connectivity index (χ3n) is 11.6. The number of halogens is 1. The number of ether oxygens (including phenoxy) is 1. The van der Waals surface area contributed by atoms with Crippen molar-refractivity contribution in [3.8, 4) is 5.75 Å². The summed E-state index contributed by atoms with van der Waals surface area (Å²) >= 11 is 0. The zero-order valence-corrected chi connectivity index (χ0v) is 33.5. The zero-order valence-electron chi connectivity index (χ0n) is 33.5. The van der Waals surface area contributed by atoms with E-state index in [0.717, 1.165) is 75.5 Å². The van der Waals surface area contributed by atoms with E-state index in [1.807, 2.05) is 72.8 Å². The van der Waals surface area contributed by atoms with Crippen LogP contribution in [0.5, 0.6) is 5.75 Å². The summed E-state index contributed by atoms with van der Waals surface area (Å²) in [4.78, 5) is 65.4. The van der Waals surface area contributed by atoms with Gasteiger partial charge in [-0.15, -0.1) is 0 Å². The lowest BCUT2D eigenvalue weighted by molar-refractivity contribution is -0.133. The molecule has 2 saturated carbocycles. The van der Waals surface area contributed by atoms with Gasteiger partial charge in [0.1, 0.15) is 47.4 Å². The highest BCUT2D eigenvalue weighted by Gasteiger charge is 2.49. The van der Waals surface area contributed by atoms with Crippen LogP contribution in [0.25, 0.3) is 0 Å². The van der Waals surface area contributed by atoms with Crippen LogP contribution in [0, 0.1) is 5.82 Å². The maximum atomic E-state index is 13.4. The van der Waals surface area contributed by atoms with Gasteiger partial charge in [0.05, 0.1) is 12.8 Å². The van der Waals surface area contributed by atoms with E-state index in [-0.39, 0.29) is 42.5 Å². The largest absolute Gasteiger partial charge is 0.495 e. The highest BCUT2D eigenvalue weighted by molar-refractivity contribution is 6.47. The van der Waals surface area contributed by atoms with E-state index in [9.17, 15) is 23.6 Å². The van der Waals surface area contributed by atoms with E-state index >= 15 is 0 Å². The lowest BCUT2D eigenvalue weighted by Crippen LogP contribution is -2.50. The Morgan fingerprint density at radius 3 is 1.54 bits per heavy atom. The second kappa shape index (κ2) is 18.6. The molecule has 0 saturated heterocycles. The second-order valence-corrected chi connectivity index (χ2v) is 15.5. The fourth-order valence-corrected chi connectivity index (χ4v) is 8.58. The average Bonchev–Trinajstić information content (AvgIpc) is 3.44. The van der Waals surface area contributed by atoms with Crippen LogP contribution in [0.4, 0.5) is 15.8 Å². The molecule has 306 valence electrons. The van der Waals surface area contributed by atoms with E-state index in [0.29, 0.717) is 41.3 Å². The fraction of sp³-hybridized carbons (Fsp3) is 0.362. The normalized spacial score (nSPS) is 18.3. The third-order valence-corrected chi connectivity index (χ3v) is 11.6. The Balaban J connectivity index is 0.000000180. The van der Waals surface area contributed by atoms with Crippen molar-refractivity contribution in [2.45, 2.75) is 88.4 Å². The summed E-state index contributed by atoms with van der Waals surface area (Å²) in [5.74, 6) is -0.743.